The van der Waals surface area contributed by atoms with E-state index >= 15 is 0 Å². The molecule has 0 saturated heterocycles. The number of nitrogens with one attached hydrogen (secondary N) is 1. The van der Waals surface area contributed by atoms with E-state index in [9.17, 15) is 4.79 Å². The number of aryl methyl sites for hydroxylation is 2. The molecule has 0 unspecified atom stereocenters. The SMILES string of the molecule is Cc1ccc(OCC(=O)NCc2ccc(OC(C)C)cc2)cc1C. The molecule has 0 aliphatic carbocycles. The lowest BCUT2D eigenvalue weighted by atomic mass is 10.1. The van der Waals surface area contributed by atoms with Crippen LogP contribution in [0.4, 0.5) is 0 Å². The van der Waals surface area contributed by atoms with Crippen LogP contribution in [-0.2, 0) is 11.3 Å². The molecule has 0 heterocycles. The molecule has 0 aliphatic rings. The number of benzene rings is 2. The van der Waals surface area contributed by atoms with Gasteiger partial charge in [0, 0.05) is 6.54 Å². The first-order chi connectivity index (χ1) is 11.4. The average Bonchev–Trinajstić information content (AvgIpc) is 2.55. The predicted molar refractivity (Wildman–Crippen MR) is 95.5 cm³/mol. The number of ether oxygens (including phenoxy) is 2. The van der Waals surface area contributed by atoms with E-state index < -0.39 is 0 Å². The van der Waals surface area contributed by atoms with Crippen LogP contribution in [0.15, 0.2) is 42.5 Å². The standard InChI is InChI=1S/C20H25NO3/c1-14(2)24-18-9-6-17(7-10-18)12-21-20(22)13-23-19-8-5-15(3)16(4)11-19/h5-11,14H,12-13H2,1-4H3,(H,21,22). The van der Waals surface area contributed by atoms with Gasteiger partial charge in [-0.25, -0.2) is 0 Å². The van der Waals surface area contributed by atoms with Gasteiger partial charge in [-0.05, 0) is 68.7 Å². The van der Waals surface area contributed by atoms with Crippen molar-refractivity contribution in [3.63, 3.8) is 0 Å². The molecular weight excluding hydrogens is 302 g/mol. The Morgan fingerprint density at radius 2 is 1.67 bits per heavy atom. The van der Waals surface area contributed by atoms with E-state index in [1.807, 2.05) is 70.2 Å². The first-order valence-electron chi connectivity index (χ1n) is 8.16. The van der Waals surface area contributed by atoms with Crippen molar-refractivity contribution in [3.8, 4) is 11.5 Å². The van der Waals surface area contributed by atoms with Crippen molar-refractivity contribution in [2.75, 3.05) is 6.61 Å². The maximum Gasteiger partial charge on any atom is 0.258 e. The predicted octanol–water partition coefficient (Wildman–Crippen LogP) is 3.79. The molecule has 0 aromatic heterocycles. The van der Waals surface area contributed by atoms with Crippen molar-refractivity contribution in [1.82, 2.24) is 5.32 Å². The second-order valence-electron chi connectivity index (χ2n) is 6.12. The highest BCUT2D eigenvalue weighted by molar-refractivity contribution is 5.77. The largest absolute Gasteiger partial charge is 0.491 e. The van der Waals surface area contributed by atoms with Gasteiger partial charge in [-0.3, -0.25) is 4.79 Å². The Balaban J connectivity index is 1.77. The Morgan fingerprint density at radius 1 is 1.00 bits per heavy atom. The highest BCUT2D eigenvalue weighted by Gasteiger charge is 2.04. The monoisotopic (exact) mass is 327 g/mol. The first kappa shape index (κ1) is 17.9. The second-order valence-corrected chi connectivity index (χ2v) is 6.12. The van der Waals surface area contributed by atoms with Crippen molar-refractivity contribution in [2.45, 2.75) is 40.3 Å². The second kappa shape index (κ2) is 8.39. The number of hydrogen-bond acceptors (Lipinski definition) is 3. The van der Waals surface area contributed by atoms with Gasteiger partial charge in [-0.15, -0.1) is 0 Å². The number of carbonyl (C=O) groups excluding carboxylic acids is 1. The molecule has 2 rings (SSSR count). The van der Waals surface area contributed by atoms with E-state index in [0.29, 0.717) is 12.3 Å². The Morgan fingerprint density at radius 3 is 2.29 bits per heavy atom. The van der Waals surface area contributed by atoms with E-state index in [1.54, 1.807) is 0 Å². The summed E-state index contributed by atoms with van der Waals surface area (Å²) in [5, 5.41) is 2.85. The number of rotatable bonds is 7. The maximum atomic E-state index is 11.9. The van der Waals surface area contributed by atoms with Gasteiger partial charge in [0.15, 0.2) is 6.61 Å². The van der Waals surface area contributed by atoms with Crippen LogP contribution in [0, 0.1) is 13.8 Å². The number of hydrogen-bond donors (Lipinski definition) is 1. The highest BCUT2D eigenvalue weighted by Crippen LogP contribution is 2.16. The average molecular weight is 327 g/mol. The van der Waals surface area contributed by atoms with Gasteiger partial charge in [0.1, 0.15) is 11.5 Å². The van der Waals surface area contributed by atoms with Gasteiger partial charge in [0.05, 0.1) is 6.10 Å². The number of amides is 1. The topological polar surface area (TPSA) is 47.6 Å². The Kier molecular flexibility index (Phi) is 6.24. The molecule has 0 saturated carbocycles. The van der Waals surface area contributed by atoms with Crippen LogP contribution in [0.5, 0.6) is 11.5 Å². The Hall–Kier alpha value is -2.49. The summed E-state index contributed by atoms with van der Waals surface area (Å²) in [6, 6.07) is 13.5. The highest BCUT2D eigenvalue weighted by atomic mass is 16.5. The zero-order valence-electron chi connectivity index (χ0n) is 14.8. The van der Waals surface area contributed by atoms with Crippen LogP contribution in [0.2, 0.25) is 0 Å². The molecule has 0 radical (unpaired) electrons. The van der Waals surface area contributed by atoms with Gasteiger partial charge in [-0.2, -0.15) is 0 Å². The van der Waals surface area contributed by atoms with E-state index in [0.717, 1.165) is 16.9 Å². The van der Waals surface area contributed by atoms with Crippen molar-refractivity contribution < 1.29 is 14.3 Å². The van der Waals surface area contributed by atoms with Crippen molar-refractivity contribution in [3.05, 3.63) is 59.2 Å². The fourth-order valence-corrected chi connectivity index (χ4v) is 2.16. The molecule has 0 aliphatic heterocycles. The summed E-state index contributed by atoms with van der Waals surface area (Å²) in [4.78, 5) is 11.9. The molecule has 0 bridgehead atoms. The minimum Gasteiger partial charge on any atom is -0.491 e. The van der Waals surface area contributed by atoms with Gasteiger partial charge >= 0.3 is 0 Å². The summed E-state index contributed by atoms with van der Waals surface area (Å²) in [5.74, 6) is 1.40. The third kappa shape index (κ3) is 5.61. The molecule has 0 atom stereocenters. The molecular formula is C20H25NO3. The van der Waals surface area contributed by atoms with E-state index in [4.69, 9.17) is 9.47 Å². The molecule has 0 fully saturated rings. The lowest BCUT2D eigenvalue weighted by Gasteiger charge is -2.11. The fraction of sp³-hybridized carbons (Fsp3) is 0.350. The van der Waals surface area contributed by atoms with E-state index in [1.165, 1.54) is 5.56 Å². The minimum atomic E-state index is -0.143. The number of carbonyl (C=O) groups is 1. The summed E-state index contributed by atoms with van der Waals surface area (Å²) >= 11 is 0. The van der Waals surface area contributed by atoms with Crippen LogP contribution < -0.4 is 14.8 Å². The van der Waals surface area contributed by atoms with Gasteiger partial charge in [0.25, 0.3) is 5.91 Å². The van der Waals surface area contributed by atoms with Crippen molar-refractivity contribution >= 4 is 5.91 Å². The molecule has 4 heteroatoms. The molecule has 1 N–H and O–H groups in total. The lowest BCUT2D eigenvalue weighted by molar-refractivity contribution is -0.123. The van der Waals surface area contributed by atoms with Gasteiger partial charge in [0.2, 0.25) is 0 Å². The molecule has 24 heavy (non-hydrogen) atoms. The Bertz CT molecular complexity index is 678. The molecule has 128 valence electrons. The summed E-state index contributed by atoms with van der Waals surface area (Å²) in [5.41, 5.74) is 3.37. The van der Waals surface area contributed by atoms with Crippen LogP contribution in [0.3, 0.4) is 0 Å². The third-order valence-electron chi connectivity index (χ3n) is 3.63. The Labute approximate surface area is 143 Å². The summed E-state index contributed by atoms with van der Waals surface area (Å²) in [7, 11) is 0. The minimum absolute atomic E-state index is 0.0110. The maximum absolute atomic E-state index is 11.9. The smallest absolute Gasteiger partial charge is 0.258 e. The van der Waals surface area contributed by atoms with Gasteiger partial charge in [-0.1, -0.05) is 18.2 Å². The van der Waals surface area contributed by atoms with E-state index in [-0.39, 0.29) is 18.6 Å². The molecule has 2 aromatic rings. The molecule has 1 amide bonds. The molecule has 0 spiro atoms. The van der Waals surface area contributed by atoms with Crippen molar-refractivity contribution in [2.24, 2.45) is 0 Å². The summed E-state index contributed by atoms with van der Waals surface area (Å²) in [6.07, 6.45) is 0.151. The van der Waals surface area contributed by atoms with Crippen LogP contribution >= 0.6 is 0 Å². The normalized spacial score (nSPS) is 10.5. The lowest BCUT2D eigenvalue weighted by Crippen LogP contribution is -2.28. The van der Waals surface area contributed by atoms with Crippen LogP contribution in [-0.4, -0.2) is 18.6 Å². The van der Waals surface area contributed by atoms with Crippen LogP contribution in [0.1, 0.15) is 30.5 Å². The fourth-order valence-electron chi connectivity index (χ4n) is 2.16. The van der Waals surface area contributed by atoms with Gasteiger partial charge < -0.3 is 14.8 Å². The third-order valence-corrected chi connectivity index (χ3v) is 3.63. The summed E-state index contributed by atoms with van der Waals surface area (Å²) in [6.45, 7) is 8.53. The first-order valence-corrected chi connectivity index (χ1v) is 8.16. The van der Waals surface area contributed by atoms with Crippen molar-refractivity contribution in [1.29, 1.82) is 0 Å². The summed E-state index contributed by atoms with van der Waals surface area (Å²) < 4.78 is 11.1. The van der Waals surface area contributed by atoms with E-state index in [2.05, 4.69) is 5.32 Å². The quantitative estimate of drug-likeness (QED) is 0.842. The molecule has 2 aromatic carbocycles. The van der Waals surface area contributed by atoms with Crippen LogP contribution in [0.25, 0.3) is 0 Å². The zero-order valence-corrected chi connectivity index (χ0v) is 14.8. The zero-order chi connectivity index (χ0) is 17.5. The molecule has 4 nitrogen and oxygen atoms in total.